The molecule has 27 heavy (non-hydrogen) atoms. The molecule has 2 aromatic heterocycles. The van der Waals surface area contributed by atoms with Gasteiger partial charge in [0, 0.05) is 27.9 Å². The number of benzene rings is 3. The maximum Gasteiger partial charge on any atom is 0.227 e. The minimum Gasteiger partial charge on any atom is -1.00 e. The summed E-state index contributed by atoms with van der Waals surface area (Å²) in [6.07, 6.45) is 3.98. The lowest BCUT2D eigenvalue weighted by Gasteiger charge is -2.02. The molecule has 2 heterocycles. The molecule has 0 unspecified atom stereocenters. The highest BCUT2D eigenvalue weighted by atomic mass is 79.9. The van der Waals surface area contributed by atoms with E-state index < -0.39 is 0 Å². The van der Waals surface area contributed by atoms with Crippen LogP contribution in [0.25, 0.3) is 32.6 Å². The number of H-pyrrole nitrogens is 1. The van der Waals surface area contributed by atoms with Crippen molar-refractivity contribution in [2.45, 2.75) is 6.54 Å². The number of aromatic amines is 1. The van der Waals surface area contributed by atoms with E-state index >= 15 is 0 Å². The van der Waals surface area contributed by atoms with Crippen LogP contribution in [0.3, 0.4) is 0 Å². The number of pyridine rings is 1. The molecule has 0 amide bonds. The third-order valence-electron chi connectivity index (χ3n) is 4.90. The van der Waals surface area contributed by atoms with Gasteiger partial charge in [-0.1, -0.05) is 54.6 Å². The van der Waals surface area contributed by atoms with E-state index in [1.54, 1.807) is 0 Å². The van der Waals surface area contributed by atoms with Crippen molar-refractivity contribution in [3.8, 4) is 0 Å². The van der Waals surface area contributed by atoms with Crippen molar-refractivity contribution in [2.24, 2.45) is 0 Å². The Labute approximate surface area is 167 Å². The van der Waals surface area contributed by atoms with E-state index in [1.165, 1.54) is 10.8 Å². The van der Waals surface area contributed by atoms with Crippen molar-refractivity contribution in [1.82, 2.24) is 4.98 Å². The first-order chi connectivity index (χ1) is 12.8. The van der Waals surface area contributed by atoms with Crippen LogP contribution >= 0.6 is 0 Å². The van der Waals surface area contributed by atoms with Crippen molar-refractivity contribution in [3.05, 3.63) is 90.8 Å². The van der Waals surface area contributed by atoms with E-state index in [2.05, 4.69) is 29.2 Å². The number of halogens is 1. The molecule has 0 atom stereocenters. The molecule has 132 valence electrons. The number of fused-ring (bicyclic) bond motifs is 4. The number of nitrogens with zero attached hydrogens (tertiary/aromatic N) is 1. The fraction of sp³-hybridized carbons (Fsp3) is 0.0435. The fourth-order valence-corrected chi connectivity index (χ4v) is 3.56. The van der Waals surface area contributed by atoms with Crippen molar-refractivity contribution < 1.29 is 26.3 Å². The molecule has 0 bridgehead atoms. The van der Waals surface area contributed by atoms with Gasteiger partial charge in [0.2, 0.25) is 12.3 Å². The van der Waals surface area contributed by atoms with Crippen LogP contribution in [0.15, 0.2) is 85.2 Å². The summed E-state index contributed by atoms with van der Waals surface area (Å²) in [4.78, 5) is 16.2. The fourth-order valence-electron chi connectivity index (χ4n) is 3.56. The normalized spacial score (nSPS) is 11.0. The molecule has 0 saturated carbocycles. The van der Waals surface area contributed by atoms with E-state index in [-0.39, 0.29) is 22.8 Å². The Hall–Kier alpha value is -2.98. The van der Waals surface area contributed by atoms with Gasteiger partial charge in [-0.25, -0.2) is 0 Å². The van der Waals surface area contributed by atoms with Gasteiger partial charge in [-0.3, -0.25) is 4.79 Å². The molecular weight excluding hydrogens is 400 g/mol. The highest BCUT2D eigenvalue weighted by molar-refractivity contribution is 6.06. The van der Waals surface area contributed by atoms with Gasteiger partial charge in [0.15, 0.2) is 12.4 Å². The van der Waals surface area contributed by atoms with E-state index in [0.717, 1.165) is 27.4 Å². The Morgan fingerprint density at radius 2 is 1.56 bits per heavy atom. The Morgan fingerprint density at radius 3 is 2.44 bits per heavy atom. The van der Waals surface area contributed by atoms with Crippen molar-refractivity contribution in [2.75, 3.05) is 0 Å². The number of ketones is 1. The van der Waals surface area contributed by atoms with Gasteiger partial charge in [-0.05, 0) is 22.9 Å². The number of carbonyl (C=O) groups is 1. The summed E-state index contributed by atoms with van der Waals surface area (Å²) in [6.45, 7) is 0.323. The second kappa shape index (κ2) is 6.97. The van der Waals surface area contributed by atoms with Crippen LogP contribution in [0, 0.1) is 0 Å². The van der Waals surface area contributed by atoms with Crippen molar-refractivity contribution in [1.29, 1.82) is 0 Å². The Bertz CT molecular complexity index is 1290. The molecule has 0 fully saturated rings. The van der Waals surface area contributed by atoms with Crippen molar-refractivity contribution >= 4 is 38.4 Å². The quantitative estimate of drug-likeness (QED) is 0.352. The average Bonchev–Trinajstić information content (AvgIpc) is 3.05. The first-order valence-corrected chi connectivity index (χ1v) is 8.69. The van der Waals surface area contributed by atoms with Gasteiger partial charge in [0.25, 0.3) is 0 Å². The predicted octanol–water partition coefficient (Wildman–Crippen LogP) is 1.65. The minimum atomic E-state index is 0. The SMILES string of the molecule is O=C(C[n+]1ccc2c(c1)[nH]c1ccccc12)c1ccc2ccccc2c1.[Br-]. The summed E-state index contributed by atoms with van der Waals surface area (Å²) in [5.41, 5.74) is 2.90. The predicted molar refractivity (Wildman–Crippen MR) is 104 cm³/mol. The first kappa shape index (κ1) is 17.4. The highest BCUT2D eigenvalue weighted by Gasteiger charge is 2.14. The smallest absolute Gasteiger partial charge is 0.227 e. The van der Waals surface area contributed by atoms with Crippen LogP contribution in [0.1, 0.15) is 10.4 Å². The largest absolute Gasteiger partial charge is 1.00 e. The number of carbonyl (C=O) groups excluding carboxylic acids is 1. The Kier molecular flexibility index (Phi) is 4.50. The number of nitrogens with one attached hydrogen (secondary N) is 1. The van der Waals surface area contributed by atoms with Gasteiger partial charge in [-0.2, -0.15) is 4.57 Å². The standard InChI is InChI=1S/C23H16N2O.BrH/c26-23(18-10-9-16-5-1-2-6-17(16)13-18)15-25-12-11-20-19-7-3-4-8-21(19)24-22(20)14-25;/h1-14H,15H2;1H. The zero-order chi connectivity index (χ0) is 17.5. The maximum absolute atomic E-state index is 12.7. The van der Waals surface area contributed by atoms with Crippen LogP contribution in [0.4, 0.5) is 0 Å². The van der Waals surface area contributed by atoms with E-state index in [4.69, 9.17) is 0 Å². The summed E-state index contributed by atoms with van der Waals surface area (Å²) < 4.78 is 1.94. The summed E-state index contributed by atoms with van der Waals surface area (Å²) >= 11 is 0. The molecule has 1 N–H and O–H groups in total. The molecule has 0 aliphatic heterocycles. The molecule has 0 radical (unpaired) electrons. The van der Waals surface area contributed by atoms with Gasteiger partial charge in [-0.15, -0.1) is 0 Å². The molecule has 0 aliphatic carbocycles. The van der Waals surface area contributed by atoms with Gasteiger partial charge < -0.3 is 22.0 Å². The van der Waals surface area contributed by atoms with E-state index in [9.17, 15) is 4.79 Å². The van der Waals surface area contributed by atoms with Crippen LogP contribution in [-0.4, -0.2) is 10.8 Å². The molecule has 0 aliphatic rings. The number of para-hydroxylation sites is 1. The second-order valence-corrected chi connectivity index (χ2v) is 6.60. The Morgan fingerprint density at radius 1 is 0.815 bits per heavy atom. The molecule has 4 heteroatoms. The van der Waals surface area contributed by atoms with E-state index in [1.807, 2.05) is 65.5 Å². The number of aromatic nitrogens is 2. The minimum absolute atomic E-state index is 0. The van der Waals surface area contributed by atoms with Crippen LogP contribution < -0.4 is 21.5 Å². The topological polar surface area (TPSA) is 36.7 Å². The molecule has 5 rings (SSSR count). The molecule has 3 aromatic carbocycles. The third kappa shape index (κ3) is 3.13. The monoisotopic (exact) mass is 416 g/mol. The zero-order valence-electron chi connectivity index (χ0n) is 14.5. The molecule has 0 spiro atoms. The average molecular weight is 417 g/mol. The summed E-state index contributed by atoms with van der Waals surface area (Å²) in [5.74, 6) is 0.108. The van der Waals surface area contributed by atoms with Crippen LogP contribution in [-0.2, 0) is 6.54 Å². The summed E-state index contributed by atoms with van der Waals surface area (Å²) in [7, 11) is 0. The summed E-state index contributed by atoms with van der Waals surface area (Å²) in [5, 5.41) is 4.62. The van der Waals surface area contributed by atoms with Gasteiger partial charge >= 0.3 is 0 Å². The van der Waals surface area contributed by atoms with Crippen LogP contribution in [0.2, 0.25) is 0 Å². The van der Waals surface area contributed by atoms with Gasteiger partial charge in [0.05, 0.1) is 0 Å². The number of Topliss-reactive ketones (excluding diaryl/α,β-unsaturated/α-hetero) is 1. The lowest BCUT2D eigenvalue weighted by molar-refractivity contribution is -0.681. The first-order valence-electron chi connectivity index (χ1n) is 8.69. The molecular formula is C23H17BrN2O. The number of hydrogen-bond acceptors (Lipinski definition) is 1. The molecule has 0 saturated heterocycles. The maximum atomic E-state index is 12.7. The van der Waals surface area contributed by atoms with E-state index in [0.29, 0.717) is 6.54 Å². The number of rotatable bonds is 3. The van der Waals surface area contributed by atoms with Crippen molar-refractivity contribution in [3.63, 3.8) is 0 Å². The summed E-state index contributed by atoms with van der Waals surface area (Å²) in [6, 6.07) is 24.3. The molecule has 5 aromatic rings. The number of hydrogen-bond donors (Lipinski definition) is 1. The highest BCUT2D eigenvalue weighted by Crippen LogP contribution is 2.23. The Balaban J connectivity index is 0.00000180. The van der Waals surface area contributed by atoms with Crippen LogP contribution in [0.5, 0.6) is 0 Å². The lowest BCUT2D eigenvalue weighted by atomic mass is 10.0. The lowest BCUT2D eigenvalue weighted by Crippen LogP contribution is -3.00. The second-order valence-electron chi connectivity index (χ2n) is 6.60. The third-order valence-corrected chi connectivity index (χ3v) is 4.90. The molecule has 3 nitrogen and oxygen atoms in total. The van der Waals surface area contributed by atoms with Gasteiger partial charge in [0.1, 0.15) is 5.52 Å². The zero-order valence-corrected chi connectivity index (χ0v) is 16.1.